The molecule has 0 atom stereocenters. The number of carbonyl (C=O) groups is 1. The van der Waals surface area contributed by atoms with Crippen molar-refractivity contribution in [1.82, 2.24) is 5.01 Å². The van der Waals surface area contributed by atoms with E-state index in [-0.39, 0.29) is 15.7 Å². The molecule has 0 spiro atoms. The van der Waals surface area contributed by atoms with E-state index in [4.69, 9.17) is 9.84 Å². The van der Waals surface area contributed by atoms with Crippen molar-refractivity contribution in [2.45, 2.75) is 0 Å². The molecule has 0 bridgehead atoms. The standard InChI is InChI=1S/C11H12BrFN2O3/c12-9-7(11(16)17)1-2-8(10(9)13)14-15-3-5-18-6-4-15/h1-2,14H,3-6H2,(H,16,17). The predicted molar refractivity (Wildman–Crippen MR) is 67.1 cm³/mol. The Hall–Kier alpha value is -1.18. The van der Waals surface area contributed by atoms with Gasteiger partial charge in [-0.15, -0.1) is 0 Å². The summed E-state index contributed by atoms with van der Waals surface area (Å²) < 4.78 is 19.1. The summed E-state index contributed by atoms with van der Waals surface area (Å²) in [6.07, 6.45) is 0. The number of rotatable bonds is 3. The van der Waals surface area contributed by atoms with Crippen molar-refractivity contribution >= 4 is 27.6 Å². The zero-order valence-electron chi connectivity index (χ0n) is 9.45. The van der Waals surface area contributed by atoms with Gasteiger partial charge >= 0.3 is 5.97 Å². The molecule has 5 nitrogen and oxygen atoms in total. The van der Waals surface area contributed by atoms with Crippen LogP contribution in [0.3, 0.4) is 0 Å². The van der Waals surface area contributed by atoms with Crippen LogP contribution in [0.2, 0.25) is 0 Å². The van der Waals surface area contributed by atoms with Gasteiger partial charge in [0.25, 0.3) is 0 Å². The van der Waals surface area contributed by atoms with E-state index in [1.54, 1.807) is 0 Å². The predicted octanol–water partition coefficient (Wildman–Crippen LogP) is 1.95. The third-order valence-electron chi connectivity index (χ3n) is 2.60. The fraction of sp³-hybridized carbons (Fsp3) is 0.364. The van der Waals surface area contributed by atoms with Gasteiger partial charge in [0.2, 0.25) is 0 Å². The minimum atomic E-state index is -1.17. The fourth-order valence-electron chi connectivity index (χ4n) is 1.65. The number of halogens is 2. The number of nitrogens with zero attached hydrogens (tertiary/aromatic N) is 1. The Kier molecular flexibility index (Phi) is 4.15. The van der Waals surface area contributed by atoms with E-state index in [0.29, 0.717) is 26.3 Å². The van der Waals surface area contributed by atoms with Gasteiger partial charge in [0.1, 0.15) is 0 Å². The van der Waals surface area contributed by atoms with Crippen LogP contribution in [0.1, 0.15) is 10.4 Å². The van der Waals surface area contributed by atoms with Crippen molar-refractivity contribution in [1.29, 1.82) is 0 Å². The highest BCUT2D eigenvalue weighted by atomic mass is 79.9. The average Bonchev–Trinajstić information content (AvgIpc) is 2.36. The first-order chi connectivity index (χ1) is 8.59. The second-order valence-corrected chi connectivity index (χ2v) is 4.60. The SMILES string of the molecule is O=C(O)c1ccc(NN2CCOCC2)c(F)c1Br. The van der Waals surface area contributed by atoms with Crippen molar-refractivity contribution in [3.63, 3.8) is 0 Å². The van der Waals surface area contributed by atoms with Gasteiger partial charge in [0.15, 0.2) is 5.82 Å². The van der Waals surface area contributed by atoms with Crippen LogP contribution in [-0.4, -0.2) is 42.4 Å². The van der Waals surface area contributed by atoms with Gasteiger partial charge in [-0.3, -0.25) is 0 Å². The number of aromatic carboxylic acids is 1. The third kappa shape index (κ3) is 2.80. The number of benzene rings is 1. The average molecular weight is 319 g/mol. The van der Waals surface area contributed by atoms with Gasteiger partial charge in [-0.1, -0.05) is 0 Å². The van der Waals surface area contributed by atoms with Gasteiger partial charge in [-0.25, -0.2) is 14.2 Å². The Morgan fingerprint density at radius 1 is 1.44 bits per heavy atom. The van der Waals surface area contributed by atoms with Crippen molar-refractivity contribution in [2.24, 2.45) is 0 Å². The summed E-state index contributed by atoms with van der Waals surface area (Å²) in [6.45, 7) is 2.47. The molecule has 1 aliphatic rings. The molecule has 2 rings (SSSR count). The second kappa shape index (κ2) is 5.64. The van der Waals surface area contributed by atoms with Gasteiger partial charge in [-0.05, 0) is 28.1 Å². The lowest BCUT2D eigenvalue weighted by Gasteiger charge is -2.28. The maximum absolute atomic E-state index is 13.9. The molecule has 0 aromatic heterocycles. The van der Waals surface area contributed by atoms with Gasteiger partial charge < -0.3 is 15.3 Å². The minimum absolute atomic E-state index is 0.0479. The lowest BCUT2D eigenvalue weighted by molar-refractivity contribution is 0.0495. The first-order valence-electron chi connectivity index (χ1n) is 5.40. The number of morpholine rings is 1. The molecule has 1 saturated heterocycles. The maximum atomic E-state index is 13.9. The van der Waals surface area contributed by atoms with Crippen molar-refractivity contribution in [3.8, 4) is 0 Å². The van der Waals surface area contributed by atoms with E-state index in [9.17, 15) is 9.18 Å². The molecular weight excluding hydrogens is 307 g/mol. The van der Waals surface area contributed by atoms with E-state index in [0.717, 1.165) is 0 Å². The summed E-state index contributed by atoms with van der Waals surface area (Å²) in [5.41, 5.74) is 3.06. The van der Waals surface area contributed by atoms with Crippen LogP contribution in [0.15, 0.2) is 16.6 Å². The fourth-order valence-corrected chi connectivity index (χ4v) is 2.16. The van der Waals surface area contributed by atoms with Gasteiger partial charge in [-0.2, -0.15) is 0 Å². The van der Waals surface area contributed by atoms with Crippen LogP contribution in [0, 0.1) is 5.82 Å². The molecule has 1 aliphatic heterocycles. The largest absolute Gasteiger partial charge is 0.478 e. The van der Waals surface area contributed by atoms with Crippen LogP contribution < -0.4 is 5.43 Å². The number of carboxylic acid groups (broad SMARTS) is 1. The number of carboxylic acids is 1. The van der Waals surface area contributed by atoms with E-state index >= 15 is 0 Å². The molecule has 7 heteroatoms. The normalized spacial score (nSPS) is 16.6. The number of hydrazine groups is 1. The van der Waals surface area contributed by atoms with E-state index in [1.807, 2.05) is 5.01 Å². The minimum Gasteiger partial charge on any atom is -0.478 e. The maximum Gasteiger partial charge on any atom is 0.336 e. The Morgan fingerprint density at radius 3 is 2.72 bits per heavy atom. The zero-order chi connectivity index (χ0) is 13.1. The molecule has 0 amide bonds. The Balaban J connectivity index is 2.18. The Bertz CT molecular complexity index is 464. The zero-order valence-corrected chi connectivity index (χ0v) is 11.0. The first kappa shape index (κ1) is 13.3. The Labute approximate surface area is 112 Å². The monoisotopic (exact) mass is 318 g/mol. The highest BCUT2D eigenvalue weighted by Gasteiger charge is 2.18. The molecule has 1 heterocycles. The molecule has 98 valence electrons. The molecule has 18 heavy (non-hydrogen) atoms. The summed E-state index contributed by atoms with van der Waals surface area (Å²) in [5.74, 6) is -1.78. The molecule has 1 aromatic rings. The van der Waals surface area contributed by atoms with Crippen LogP contribution >= 0.6 is 15.9 Å². The molecule has 2 N–H and O–H groups in total. The van der Waals surface area contributed by atoms with Gasteiger partial charge in [0, 0.05) is 13.1 Å². The second-order valence-electron chi connectivity index (χ2n) is 3.81. The molecule has 0 saturated carbocycles. The summed E-state index contributed by atoms with van der Waals surface area (Å²) >= 11 is 2.96. The molecule has 1 aromatic carbocycles. The highest BCUT2D eigenvalue weighted by Crippen LogP contribution is 2.27. The smallest absolute Gasteiger partial charge is 0.336 e. The number of ether oxygens (including phenoxy) is 1. The summed E-state index contributed by atoms with van der Waals surface area (Å²) in [7, 11) is 0. The van der Waals surface area contributed by atoms with Crippen LogP contribution in [0.5, 0.6) is 0 Å². The van der Waals surface area contributed by atoms with E-state index in [1.165, 1.54) is 12.1 Å². The van der Waals surface area contributed by atoms with Crippen LogP contribution in [0.25, 0.3) is 0 Å². The summed E-state index contributed by atoms with van der Waals surface area (Å²) in [4.78, 5) is 10.8. The first-order valence-corrected chi connectivity index (χ1v) is 6.19. The van der Waals surface area contributed by atoms with Crippen LogP contribution in [-0.2, 0) is 4.74 Å². The highest BCUT2D eigenvalue weighted by molar-refractivity contribution is 9.10. The van der Waals surface area contributed by atoms with E-state index < -0.39 is 11.8 Å². The molecular formula is C11H12BrFN2O3. The number of nitrogens with one attached hydrogen (secondary N) is 1. The lowest BCUT2D eigenvalue weighted by atomic mass is 10.2. The van der Waals surface area contributed by atoms with E-state index in [2.05, 4.69) is 21.4 Å². The molecule has 1 fully saturated rings. The quantitative estimate of drug-likeness (QED) is 0.892. The van der Waals surface area contributed by atoms with Crippen molar-refractivity contribution < 1.29 is 19.0 Å². The van der Waals surface area contributed by atoms with Crippen molar-refractivity contribution in [2.75, 3.05) is 31.7 Å². The summed E-state index contributed by atoms with van der Waals surface area (Å²) in [6, 6.07) is 2.78. The topological polar surface area (TPSA) is 61.8 Å². The number of anilines is 1. The van der Waals surface area contributed by atoms with Crippen LogP contribution in [0.4, 0.5) is 10.1 Å². The number of hydrogen-bond donors (Lipinski definition) is 2. The number of hydrogen-bond acceptors (Lipinski definition) is 4. The Morgan fingerprint density at radius 2 is 2.11 bits per heavy atom. The molecule has 0 aliphatic carbocycles. The lowest BCUT2D eigenvalue weighted by Crippen LogP contribution is -2.40. The molecule has 0 radical (unpaired) electrons. The third-order valence-corrected chi connectivity index (χ3v) is 3.38. The van der Waals surface area contributed by atoms with Crippen molar-refractivity contribution in [3.05, 3.63) is 28.0 Å². The summed E-state index contributed by atoms with van der Waals surface area (Å²) in [5, 5.41) is 10.7. The molecule has 0 unspecified atom stereocenters. The van der Waals surface area contributed by atoms with Gasteiger partial charge in [0.05, 0.1) is 28.9 Å².